The maximum Gasteiger partial charge on any atom is 0.228 e. The number of para-hydroxylation sites is 1. The van der Waals surface area contributed by atoms with Gasteiger partial charge in [0.1, 0.15) is 11.6 Å². The van der Waals surface area contributed by atoms with E-state index in [1.165, 1.54) is 4.88 Å². The van der Waals surface area contributed by atoms with Crippen molar-refractivity contribution in [1.82, 2.24) is 20.6 Å². The summed E-state index contributed by atoms with van der Waals surface area (Å²) in [6, 6.07) is 8.23. The first kappa shape index (κ1) is 23.2. The van der Waals surface area contributed by atoms with Crippen molar-refractivity contribution >= 4 is 33.2 Å². The number of hydrogen-bond donors (Lipinski definition) is 4. The molecule has 0 unspecified atom stereocenters. The largest absolute Gasteiger partial charge is 0.496 e. The molecule has 0 saturated carbocycles. The van der Waals surface area contributed by atoms with Gasteiger partial charge >= 0.3 is 0 Å². The predicted molar refractivity (Wildman–Crippen MR) is 137 cm³/mol. The zero-order chi connectivity index (χ0) is 23.4. The van der Waals surface area contributed by atoms with Crippen LogP contribution in [0.2, 0.25) is 0 Å². The molecule has 8 heteroatoms. The van der Waals surface area contributed by atoms with Crippen molar-refractivity contribution in [1.29, 1.82) is 5.41 Å². The number of nitrogens with zero attached hydrogens (tertiary/aromatic N) is 2. The Labute approximate surface area is 199 Å². The molecule has 174 valence electrons. The first-order valence-electron chi connectivity index (χ1n) is 11.4. The molecule has 1 aliphatic rings. The van der Waals surface area contributed by atoms with Crippen molar-refractivity contribution in [2.45, 2.75) is 39.7 Å². The van der Waals surface area contributed by atoms with E-state index in [1.807, 2.05) is 30.5 Å². The molecule has 0 spiro atoms. The molecule has 0 amide bonds. The number of thiophene rings is 1. The van der Waals surface area contributed by atoms with Crippen LogP contribution in [0.4, 0.5) is 5.95 Å². The summed E-state index contributed by atoms with van der Waals surface area (Å²) in [5, 5.41) is 18.7. The number of fused-ring (bicyclic) bond motifs is 1. The van der Waals surface area contributed by atoms with Crippen molar-refractivity contribution in [2.75, 3.05) is 25.5 Å². The fourth-order valence-corrected chi connectivity index (χ4v) is 5.18. The summed E-state index contributed by atoms with van der Waals surface area (Å²) in [4.78, 5) is 10.6. The summed E-state index contributed by atoms with van der Waals surface area (Å²) in [6.45, 7) is 8.19. The molecule has 1 saturated heterocycles. The number of aromatic nitrogens is 2. The summed E-state index contributed by atoms with van der Waals surface area (Å²) in [5.41, 5.74) is 3.63. The molecule has 1 fully saturated rings. The molecule has 1 aromatic carbocycles. The predicted octanol–water partition coefficient (Wildman–Crippen LogP) is 4.95. The molecule has 4 rings (SSSR count). The molecular formula is C25H32N6OS. The number of piperidine rings is 1. The number of hydrogen-bond acceptors (Lipinski definition) is 8. The topological polar surface area (TPSA) is 95.0 Å². The van der Waals surface area contributed by atoms with E-state index in [4.69, 9.17) is 15.1 Å². The highest BCUT2D eigenvalue weighted by Crippen LogP contribution is 2.41. The number of anilines is 1. The number of allylic oxidation sites excluding steroid dienone is 1. The van der Waals surface area contributed by atoms with Gasteiger partial charge in [-0.25, -0.2) is 9.97 Å². The fraction of sp³-hybridized carbons (Fsp3) is 0.400. The maximum absolute atomic E-state index is 8.61. The van der Waals surface area contributed by atoms with Crippen LogP contribution in [-0.4, -0.2) is 41.9 Å². The molecule has 0 aliphatic carbocycles. The Balaban J connectivity index is 1.68. The second kappa shape index (κ2) is 10.3. The van der Waals surface area contributed by atoms with Crippen molar-refractivity contribution in [3.8, 4) is 16.9 Å². The quantitative estimate of drug-likeness (QED) is 0.353. The van der Waals surface area contributed by atoms with Crippen LogP contribution in [0.5, 0.6) is 5.75 Å². The van der Waals surface area contributed by atoms with E-state index in [9.17, 15) is 0 Å². The lowest BCUT2D eigenvalue weighted by atomic mass is 9.93. The Morgan fingerprint density at radius 2 is 2.03 bits per heavy atom. The van der Waals surface area contributed by atoms with E-state index in [-0.39, 0.29) is 12.0 Å². The van der Waals surface area contributed by atoms with Crippen LogP contribution in [-0.2, 0) is 0 Å². The van der Waals surface area contributed by atoms with Gasteiger partial charge in [0.15, 0.2) is 0 Å². The third-order valence-corrected chi connectivity index (χ3v) is 6.78. The van der Waals surface area contributed by atoms with E-state index in [2.05, 4.69) is 47.8 Å². The number of rotatable bonds is 8. The van der Waals surface area contributed by atoms with Gasteiger partial charge in [0.2, 0.25) is 5.95 Å². The van der Waals surface area contributed by atoms with Crippen LogP contribution in [0, 0.1) is 18.3 Å². The van der Waals surface area contributed by atoms with E-state index >= 15 is 0 Å². The molecule has 4 N–H and O–H groups in total. The van der Waals surface area contributed by atoms with E-state index < -0.39 is 0 Å². The Hall–Kier alpha value is -2.97. The van der Waals surface area contributed by atoms with Crippen LogP contribution >= 0.6 is 11.3 Å². The molecule has 2 aromatic heterocycles. The van der Waals surface area contributed by atoms with Crippen molar-refractivity contribution < 1.29 is 4.74 Å². The lowest BCUT2D eigenvalue weighted by molar-refractivity contribution is 0.416. The number of benzene rings is 1. The highest BCUT2D eigenvalue weighted by atomic mass is 32.1. The normalized spacial score (nSPS) is 15.1. The Bertz CT molecular complexity index is 1160. The minimum atomic E-state index is 0.209. The number of nitrogens with one attached hydrogen (secondary N) is 4. The van der Waals surface area contributed by atoms with Gasteiger partial charge in [-0.1, -0.05) is 18.2 Å². The monoisotopic (exact) mass is 464 g/mol. The van der Waals surface area contributed by atoms with Crippen molar-refractivity contribution in [2.24, 2.45) is 5.92 Å². The van der Waals surface area contributed by atoms with Crippen LogP contribution in [0.15, 0.2) is 42.4 Å². The highest BCUT2D eigenvalue weighted by Gasteiger charge is 2.19. The molecule has 1 aliphatic heterocycles. The summed E-state index contributed by atoms with van der Waals surface area (Å²) in [5.74, 6) is 2.36. The Kier molecular flexibility index (Phi) is 7.25. The number of aryl methyl sites for hydroxylation is 1. The first-order valence-corrected chi connectivity index (χ1v) is 12.2. The third-order valence-electron chi connectivity index (χ3n) is 5.75. The van der Waals surface area contributed by atoms with Crippen LogP contribution in [0.25, 0.3) is 21.3 Å². The Morgan fingerprint density at radius 1 is 1.27 bits per heavy atom. The fourth-order valence-electron chi connectivity index (χ4n) is 4.19. The van der Waals surface area contributed by atoms with Crippen molar-refractivity contribution in [3.05, 3.63) is 47.2 Å². The minimum absolute atomic E-state index is 0.209. The van der Waals surface area contributed by atoms with E-state index in [0.717, 1.165) is 58.8 Å². The highest BCUT2D eigenvalue weighted by molar-refractivity contribution is 7.19. The van der Waals surface area contributed by atoms with Gasteiger partial charge in [0.05, 0.1) is 23.5 Å². The molecule has 33 heavy (non-hydrogen) atoms. The van der Waals surface area contributed by atoms with Crippen molar-refractivity contribution in [3.63, 3.8) is 0 Å². The molecule has 3 heterocycles. The summed E-state index contributed by atoms with van der Waals surface area (Å²) in [7, 11) is 1.69. The molecule has 3 aromatic rings. The smallest absolute Gasteiger partial charge is 0.228 e. The van der Waals surface area contributed by atoms with Gasteiger partial charge in [-0.15, -0.1) is 11.3 Å². The lowest BCUT2D eigenvalue weighted by Crippen LogP contribution is -2.32. The SMILES string of the molecule is COc1ccccc1-c1c(C)sc2cnc(N/C(=C/C(=N)C3CCNCC3)NC(C)C)nc12. The average molecular weight is 465 g/mol. The molecular weight excluding hydrogens is 432 g/mol. The van der Waals surface area contributed by atoms with Crippen LogP contribution < -0.4 is 20.7 Å². The van der Waals surface area contributed by atoms with E-state index in [1.54, 1.807) is 18.4 Å². The van der Waals surface area contributed by atoms with Gasteiger partial charge in [0.25, 0.3) is 0 Å². The zero-order valence-electron chi connectivity index (χ0n) is 19.7. The van der Waals surface area contributed by atoms with Gasteiger partial charge in [-0.05, 0) is 58.8 Å². The van der Waals surface area contributed by atoms with Crippen LogP contribution in [0.1, 0.15) is 31.6 Å². The minimum Gasteiger partial charge on any atom is -0.496 e. The second-order valence-corrected chi connectivity index (χ2v) is 9.86. The van der Waals surface area contributed by atoms with Crippen LogP contribution in [0.3, 0.4) is 0 Å². The number of methoxy groups -OCH3 is 1. The molecule has 7 nitrogen and oxygen atoms in total. The van der Waals surface area contributed by atoms with Gasteiger partial charge in [0, 0.05) is 33.7 Å². The molecule has 0 bridgehead atoms. The summed E-state index contributed by atoms with van der Waals surface area (Å²) in [6.07, 6.45) is 5.74. The standard InChI is InChI=1S/C25H32N6OS/c1-15(2)29-22(13-19(26)17-9-11-27-12-10-17)30-25-28-14-21-24(31-25)23(16(3)33-21)18-7-5-6-8-20(18)32-4/h5-8,13-15,17,26-27,29H,9-12H2,1-4H3,(H,28,30,31)/b22-13+,26-19?. The summed E-state index contributed by atoms with van der Waals surface area (Å²) >= 11 is 1.68. The van der Waals surface area contributed by atoms with Gasteiger partial charge in [-0.3, -0.25) is 0 Å². The zero-order valence-corrected chi connectivity index (χ0v) is 20.5. The second-order valence-electron chi connectivity index (χ2n) is 8.60. The maximum atomic E-state index is 8.61. The first-order chi connectivity index (χ1) is 16.0. The number of ether oxygens (including phenoxy) is 1. The molecule has 0 atom stereocenters. The third kappa shape index (κ3) is 5.34. The lowest BCUT2D eigenvalue weighted by Gasteiger charge is -2.23. The van der Waals surface area contributed by atoms with Gasteiger partial charge < -0.3 is 26.1 Å². The Morgan fingerprint density at radius 3 is 2.76 bits per heavy atom. The molecule has 0 radical (unpaired) electrons. The summed E-state index contributed by atoms with van der Waals surface area (Å²) < 4.78 is 6.64. The van der Waals surface area contributed by atoms with Gasteiger partial charge in [-0.2, -0.15) is 0 Å². The average Bonchev–Trinajstić information content (AvgIpc) is 3.14. The van der Waals surface area contributed by atoms with E-state index in [0.29, 0.717) is 11.7 Å².